The summed E-state index contributed by atoms with van der Waals surface area (Å²) in [5.74, 6) is 1.03. The van der Waals surface area contributed by atoms with Crippen LogP contribution in [-0.2, 0) is 0 Å². The molecular weight excluding hydrogens is 308 g/mol. The Balaban J connectivity index is 2.02. The highest BCUT2D eigenvalue weighted by atomic mass is 16.5. The molecule has 4 rings (SSSR count). The van der Waals surface area contributed by atoms with Gasteiger partial charge in [0.05, 0.1) is 7.11 Å². The Kier molecular flexibility index (Phi) is 3.87. The van der Waals surface area contributed by atoms with Crippen molar-refractivity contribution in [3.63, 3.8) is 0 Å². The van der Waals surface area contributed by atoms with Crippen molar-refractivity contribution in [2.24, 2.45) is 0 Å². The van der Waals surface area contributed by atoms with Crippen molar-refractivity contribution in [2.45, 2.75) is 0 Å². The zero-order valence-electron chi connectivity index (χ0n) is 13.9. The van der Waals surface area contributed by atoms with E-state index < -0.39 is 0 Å². The zero-order chi connectivity index (χ0) is 17.2. The molecule has 0 aliphatic heterocycles. The number of aromatic hydroxyl groups is 1. The van der Waals surface area contributed by atoms with Crippen molar-refractivity contribution in [3.05, 3.63) is 84.9 Å². The molecule has 0 radical (unpaired) electrons. The van der Waals surface area contributed by atoms with Gasteiger partial charge in [-0.15, -0.1) is 0 Å². The lowest BCUT2D eigenvalue weighted by Gasteiger charge is -2.15. The molecule has 0 heterocycles. The third-order valence-corrected chi connectivity index (χ3v) is 4.50. The molecule has 0 saturated carbocycles. The van der Waals surface area contributed by atoms with Crippen LogP contribution in [0.15, 0.2) is 84.9 Å². The Morgan fingerprint density at radius 1 is 0.640 bits per heavy atom. The Morgan fingerprint density at radius 3 is 1.96 bits per heavy atom. The van der Waals surface area contributed by atoms with Gasteiger partial charge in [-0.05, 0) is 22.8 Å². The van der Waals surface area contributed by atoms with Crippen molar-refractivity contribution in [1.29, 1.82) is 0 Å². The smallest absolute Gasteiger partial charge is 0.131 e. The van der Waals surface area contributed by atoms with E-state index in [-0.39, 0.29) is 5.75 Å². The molecule has 122 valence electrons. The molecule has 0 aliphatic rings. The molecule has 0 unspecified atom stereocenters. The molecule has 2 nitrogen and oxygen atoms in total. The second kappa shape index (κ2) is 6.33. The summed E-state index contributed by atoms with van der Waals surface area (Å²) in [4.78, 5) is 0. The number of hydrogen-bond acceptors (Lipinski definition) is 2. The summed E-state index contributed by atoms with van der Waals surface area (Å²) < 4.78 is 5.58. The first-order valence-corrected chi connectivity index (χ1v) is 8.23. The average Bonchev–Trinajstić information content (AvgIpc) is 2.69. The molecule has 0 atom stereocenters. The first-order valence-electron chi connectivity index (χ1n) is 8.23. The SMILES string of the molecule is COc1cc(-c2ccccc2-c2ccccc2)c(O)c2ccccc12. The third-order valence-electron chi connectivity index (χ3n) is 4.50. The predicted octanol–water partition coefficient (Wildman–Crippen LogP) is 5.89. The summed E-state index contributed by atoms with van der Waals surface area (Å²) in [6.07, 6.45) is 0. The van der Waals surface area contributed by atoms with Gasteiger partial charge >= 0.3 is 0 Å². The second-order valence-corrected chi connectivity index (χ2v) is 5.93. The van der Waals surface area contributed by atoms with Crippen LogP contribution >= 0.6 is 0 Å². The van der Waals surface area contributed by atoms with Gasteiger partial charge in [0.25, 0.3) is 0 Å². The predicted molar refractivity (Wildman–Crippen MR) is 103 cm³/mol. The standard InChI is InChI=1S/C23H18O2/c1-25-22-15-21(23(24)20-14-8-7-13-19(20)22)18-12-6-5-11-17(18)16-9-3-2-4-10-16/h2-15,24H,1H3. The van der Waals surface area contributed by atoms with E-state index in [1.165, 1.54) is 0 Å². The summed E-state index contributed by atoms with van der Waals surface area (Å²) in [6.45, 7) is 0. The van der Waals surface area contributed by atoms with E-state index in [9.17, 15) is 5.11 Å². The maximum absolute atomic E-state index is 10.9. The van der Waals surface area contributed by atoms with E-state index in [1.807, 2.05) is 66.7 Å². The summed E-state index contributed by atoms with van der Waals surface area (Å²) in [7, 11) is 1.66. The number of rotatable bonds is 3. The molecule has 2 heteroatoms. The monoisotopic (exact) mass is 326 g/mol. The Hall–Kier alpha value is -3.26. The lowest BCUT2D eigenvalue weighted by atomic mass is 9.92. The molecule has 0 bridgehead atoms. The minimum atomic E-state index is 0.278. The molecule has 4 aromatic carbocycles. The molecule has 0 fully saturated rings. The van der Waals surface area contributed by atoms with Gasteiger partial charge in [-0.2, -0.15) is 0 Å². The number of methoxy groups -OCH3 is 1. The van der Waals surface area contributed by atoms with E-state index in [2.05, 4.69) is 18.2 Å². The quantitative estimate of drug-likeness (QED) is 0.509. The van der Waals surface area contributed by atoms with Crippen LogP contribution in [0.2, 0.25) is 0 Å². The molecule has 0 spiro atoms. The summed E-state index contributed by atoms with van der Waals surface area (Å²) >= 11 is 0. The molecule has 1 N–H and O–H groups in total. The lowest BCUT2D eigenvalue weighted by Crippen LogP contribution is -1.90. The van der Waals surface area contributed by atoms with Crippen molar-refractivity contribution < 1.29 is 9.84 Å². The lowest BCUT2D eigenvalue weighted by molar-refractivity contribution is 0.418. The minimum absolute atomic E-state index is 0.278. The van der Waals surface area contributed by atoms with Gasteiger partial charge in [0.15, 0.2) is 0 Å². The van der Waals surface area contributed by atoms with E-state index in [0.717, 1.165) is 38.8 Å². The molecule has 0 aliphatic carbocycles. The maximum Gasteiger partial charge on any atom is 0.131 e. The van der Waals surface area contributed by atoms with Gasteiger partial charge in [0.1, 0.15) is 11.5 Å². The zero-order valence-corrected chi connectivity index (χ0v) is 13.9. The number of phenolic OH excluding ortho intramolecular Hbond substituents is 1. The van der Waals surface area contributed by atoms with Crippen LogP contribution in [0.4, 0.5) is 0 Å². The first kappa shape index (κ1) is 15.3. The average molecular weight is 326 g/mol. The molecule has 4 aromatic rings. The van der Waals surface area contributed by atoms with Gasteiger partial charge < -0.3 is 9.84 Å². The van der Waals surface area contributed by atoms with Crippen molar-refractivity contribution in [2.75, 3.05) is 7.11 Å². The Morgan fingerprint density at radius 2 is 1.24 bits per heavy atom. The number of ether oxygens (including phenoxy) is 1. The fourth-order valence-corrected chi connectivity index (χ4v) is 3.29. The Bertz CT molecular complexity index is 1040. The highest BCUT2D eigenvalue weighted by Crippen LogP contribution is 2.44. The molecule has 0 aromatic heterocycles. The van der Waals surface area contributed by atoms with E-state index in [1.54, 1.807) is 7.11 Å². The fraction of sp³-hybridized carbons (Fsp3) is 0.0435. The summed E-state index contributed by atoms with van der Waals surface area (Å²) in [5, 5.41) is 12.6. The van der Waals surface area contributed by atoms with Crippen LogP contribution in [0, 0.1) is 0 Å². The number of hydrogen-bond donors (Lipinski definition) is 1. The van der Waals surface area contributed by atoms with Gasteiger partial charge in [0, 0.05) is 16.3 Å². The number of benzene rings is 4. The Labute approximate surface area is 146 Å². The maximum atomic E-state index is 10.9. The van der Waals surface area contributed by atoms with Gasteiger partial charge in [-0.3, -0.25) is 0 Å². The second-order valence-electron chi connectivity index (χ2n) is 5.93. The van der Waals surface area contributed by atoms with Gasteiger partial charge in [-0.25, -0.2) is 0 Å². The van der Waals surface area contributed by atoms with Crippen LogP contribution in [0.3, 0.4) is 0 Å². The van der Waals surface area contributed by atoms with Crippen LogP contribution in [0.1, 0.15) is 0 Å². The highest BCUT2D eigenvalue weighted by molar-refractivity contribution is 6.01. The molecule has 25 heavy (non-hydrogen) atoms. The highest BCUT2D eigenvalue weighted by Gasteiger charge is 2.16. The van der Waals surface area contributed by atoms with Gasteiger partial charge in [0.2, 0.25) is 0 Å². The fourth-order valence-electron chi connectivity index (χ4n) is 3.29. The van der Waals surface area contributed by atoms with Crippen molar-refractivity contribution in [1.82, 2.24) is 0 Å². The van der Waals surface area contributed by atoms with Crippen molar-refractivity contribution >= 4 is 10.8 Å². The first-order chi connectivity index (χ1) is 12.3. The molecule has 0 amide bonds. The van der Waals surface area contributed by atoms with Crippen LogP contribution in [0.25, 0.3) is 33.0 Å². The summed E-state index contributed by atoms with van der Waals surface area (Å²) in [5.41, 5.74) is 3.95. The van der Waals surface area contributed by atoms with Crippen LogP contribution in [0.5, 0.6) is 11.5 Å². The number of phenols is 1. The minimum Gasteiger partial charge on any atom is -0.507 e. The van der Waals surface area contributed by atoms with Crippen LogP contribution in [-0.4, -0.2) is 12.2 Å². The largest absolute Gasteiger partial charge is 0.507 e. The van der Waals surface area contributed by atoms with E-state index in [4.69, 9.17) is 4.74 Å². The van der Waals surface area contributed by atoms with Gasteiger partial charge in [-0.1, -0.05) is 78.9 Å². The number of fused-ring (bicyclic) bond motifs is 1. The summed E-state index contributed by atoms with van der Waals surface area (Å²) in [6, 6.07) is 28.0. The topological polar surface area (TPSA) is 29.5 Å². The third kappa shape index (κ3) is 2.62. The van der Waals surface area contributed by atoms with Crippen LogP contribution < -0.4 is 4.74 Å². The van der Waals surface area contributed by atoms with Crippen molar-refractivity contribution in [3.8, 4) is 33.8 Å². The normalized spacial score (nSPS) is 10.8. The van der Waals surface area contributed by atoms with E-state index in [0.29, 0.717) is 0 Å². The molecular formula is C23H18O2. The van der Waals surface area contributed by atoms with E-state index >= 15 is 0 Å². The molecule has 0 saturated heterocycles.